The lowest BCUT2D eigenvalue weighted by Gasteiger charge is -2.08. The zero-order chi connectivity index (χ0) is 15.6. The van der Waals surface area contributed by atoms with Crippen LogP contribution in [0.15, 0.2) is 23.1 Å². The fourth-order valence-corrected chi connectivity index (χ4v) is 4.04. The van der Waals surface area contributed by atoms with Gasteiger partial charge < -0.3 is 5.73 Å². The summed E-state index contributed by atoms with van der Waals surface area (Å²) in [6, 6.07) is 5.43. The summed E-state index contributed by atoms with van der Waals surface area (Å²) >= 11 is 6.37. The Morgan fingerprint density at radius 1 is 1.38 bits per heavy atom. The van der Waals surface area contributed by atoms with Crippen molar-refractivity contribution in [3.8, 4) is 0 Å². The third kappa shape index (κ3) is 3.30. The van der Waals surface area contributed by atoms with Crippen LogP contribution in [0.4, 0.5) is 5.69 Å². The highest BCUT2D eigenvalue weighted by Crippen LogP contribution is 2.26. The first kappa shape index (κ1) is 16.0. The van der Waals surface area contributed by atoms with Crippen LogP contribution in [0.2, 0.25) is 5.02 Å². The zero-order valence-corrected chi connectivity index (χ0v) is 14.1. The van der Waals surface area contributed by atoms with Crippen molar-refractivity contribution >= 4 is 28.1 Å². The molecule has 1 unspecified atom stereocenters. The Hall–Kier alpha value is -1.33. The summed E-state index contributed by atoms with van der Waals surface area (Å²) in [5.41, 5.74) is 9.05. The highest BCUT2D eigenvalue weighted by atomic mass is 35.5. The van der Waals surface area contributed by atoms with Gasteiger partial charge in [0.1, 0.15) is 0 Å². The van der Waals surface area contributed by atoms with Crippen molar-refractivity contribution in [2.45, 2.75) is 44.4 Å². The van der Waals surface area contributed by atoms with E-state index in [1.165, 1.54) is 0 Å². The van der Waals surface area contributed by atoms with Gasteiger partial charge in [0.05, 0.1) is 33.0 Å². The molecule has 1 atom stereocenters. The van der Waals surface area contributed by atoms with Crippen molar-refractivity contribution < 1.29 is 4.21 Å². The molecule has 0 aliphatic carbocycles. The maximum absolute atomic E-state index is 12.6. The predicted octanol–water partition coefficient (Wildman–Crippen LogP) is 3.32. The summed E-state index contributed by atoms with van der Waals surface area (Å²) in [6.45, 7) is 6.65. The topological polar surface area (TPSA) is 60.9 Å². The molecule has 0 spiro atoms. The van der Waals surface area contributed by atoms with Crippen LogP contribution in [0, 0.1) is 6.92 Å². The van der Waals surface area contributed by atoms with Crippen molar-refractivity contribution in [3.63, 3.8) is 0 Å². The molecule has 0 aliphatic rings. The summed E-state index contributed by atoms with van der Waals surface area (Å²) in [4.78, 5) is 0.794. The average Bonchev–Trinajstić information content (AvgIpc) is 2.75. The Kier molecular flexibility index (Phi) is 5.06. The number of hydrogen-bond acceptors (Lipinski definition) is 3. The number of aromatic nitrogens is 2. The van der Waals surface area contributed by atoms with E-state index in [9.17, 15) is 4.21 Å². The van der Waals surface area contributed by atoms with E-state index in [0.29, 0.717) is 23.0 Å². The molecule has 0 bridgehead atoms. The minimum absolute atomic E-state index is 0.366. The molecule has 21 heavy (non-hydrogen) atoms. The van der Waals surface area contributed by atoms with Gasteiger partial charge in [-0.25, -0.2) is 0 Å². The molecular weight excluding hydrogens is 306 g/mol. The summed E-state index contributed by atoms with van der Waals surface area (Å²) < 4.78 is 14.5. The predicted molar refractivity (Wildman–Crippen MR) is 88.0 cm³/mol. The van der Waals surface area contributed by atoms with E-state index in [0.717, 1.165) is 28.3 Å². The second-order valence-electron chi connectivity index (χ2n) is 4.89. The smallest absolute Gasteiger partial charge is 0.0859 e. The highest BCUT2D eigenvalue weighted by Gasteiger charge is 2.18. The van der Waals surface area contributed by atoms with Crippen molar-refractivity contribution in [1.29, 1.82) is 0 Å². The van der Waals surface area contributed by atoms with Crippen LogP contribution >= 0.6 is 11.6 Å². The first-order chi connectivity index (χ1) is 9.97. The molecule has 1 heterocycles. The largest absolute Gasteiger partial charge is 0.399 e. The van der Waals surface area contributed by atoms with Crippen LogP contribution in [-0.4, -0.2) is 14.0 Å². The van der Waals surface area contributed by atoms with Crippen LogP contribution in [-0.2, 0) is 29.5 Å². The summed E-state index contributed by atoms with van der Waals surface area (Å²) in [5, 5.41) is 5.10. The van der Waals surface area contributed by atoms with E-state index in [1.807, 2.05) is 37.6 Å². The van der Waals surface area contributed by atoms with E-state index in [2.05, 4.69) is 5.10 Å². The Balaban J connectivity index is 2.33. The molecule has 0 saturated heterocycles. The van der Waals surface area contributed by atoms with Gasteiger partial charge in [-0.2, -0.15) is 5.10 Å². The lowest BCUT2D eigenvalue weighted by molar-refractivity contribution is 0.623. The second kappa shape index (κ2) is 6.62. The molecule has 0 radical (unpaired) electrons. The highest BCUT2D eigenvalue weighted by molar-refractivity contribution is 7.84. The van der Waals surface area contributed by atoms with Gasteiger partial charge in [-0.3, -0.25) is 8.89 Å². The van der Waals surface area contributed by atoms with Gasteiger partial charge in [-0.05, 0) is 44.0 Å². The number of halogens is 1. The lowest BCUT2D eigenvalue weighted by Crippen LogP contribution is -2.07. The first-order valence-electron chi connectivity index (χ1n) is 6.96. The maximum Gasteiger partial charge on any atom is 0.0859 e. The Labute approximate surface area is 132 Å². The second-order valence-corrected chi connectivity index (χ2v) is 6.69. The molecule has 2 aromatic rings. The number of rotatable bonds is 5. The normalized spacial score (nSPS) is 12.6. The van der Waals surface area contributed by atoms with Gasteiger partial charge in [0, 0.05) is 17.1 Å². The minimum Gasteiger partial charge on any atom is -0.399 e. The lowest BCUT2D eigenvalue weighted by atomic mass is 10.2. The van der Waals surface area contributed by atoms with Gasteiger partial charge in [0.15, 0.2) is 0 Å². The van der Waals surface area contributed by atoms with Crippen molar-refractivity contribution in [2.75, 3.05) is 5.73 Å². The van der Waals surface area contributed by atoms with Gasteiger partial charge in [0.25, 0.3) is 0 Å². The van der Waals surface area contributed by atoms with E-state index in [1.54, 1.807) is 6.07 Å². The fourth-order valence-electron chi connectivity index (χ4n) is 2.29. The first-order valence-corrected chi connectivity index (χ1v) is 8.66. The molecule has 0 aliphatic heterocycles. The Morgan fingerprint density at radius 2 is 2.10 bits per heavy atom. The van der Waals surface area contributed by atoms with E-state index in [4.69, 9.17) is 17.3 Å². The molecule has 4 nitrogen and oxygen atoms in total. The van der Waals surface area contributed by atoms with Crippen LogP contribution in [0.3, 0.4) is 0 Å². The number of anilines is 1. The molecule has 1 aromatic carbocycles. The third-order valence-corrected chi connectivity index (χ3v) is 5.33. The number of nitrogens with two attached hydrogens (primary N) is 1. The number of nitrogens with zero attached hydrogens (tertiary/aromatic N) is 2. The molecule has 6 heteroatoms. The monoisotopic (exact) mass is 325 g/mol. The van der Waals surface area contributed by atoms with Crippen molar-refractivity contribution in [1.82, 2.24) is 9.78 Å². The molecule has 114 valence electrons. The molecule has 0 amide bonds. The standard InChI is InChI=1S/C15H20ClN3OS/c1-4-12-15(16)13(19(5-2)18-12)9-21(20)14-7-6-11(17)8-10(14)3/h6-8H,4-5,9,17H2,1-3H3. The SMILES string of the molecule is CCc1nn(CC)c(CS(=O)c2ccc(N)cc2C)c1Cl. The summed E-state index contributed by atoms with van der Waals surface area (Å²) in [6.07, 6.45) is 0.770. The van der Waals surface area contributed by atoms with Crippen molar-refractivity contribution in [2.24, 2.45) is 0 Å². The van der Waals surface area contributed by atoms with E-state index >= 15 is 0 Å². The minimum atomic E-state index is -1.17. The Morgan fingerprint density at radius 3 is 2.67 bits per heavy atom. The molecule has 2 rings (SSSR count). The van der Waals surface area contributed by atoms with Gasteiger partial charge in [0.2, 0.25) is 0 Å². The summed E-state index contributed by atoms with van der Waals surface area (Å²) in [5.74, 6) is 0.366. The van der Waals surface area contributed by atoms with Gasteiger partial charge in [-0.1, -0.05) is 18.5 Å². The molecular formula is C15H20ClN3OS. The van der Waals surface area contributed by atoms with Crippen LogP contribution < -0.4 is 5.73 Å². The van der Waals surface area contributed by atoms with E-state index < -0.39 is 10.8 Å². The summed E-state index contributed by atoms with van der Waals surface area (Å²) in [7, 11) is -1.17. The number of nitrogen functional groups attached to an aromatic ring is 1. The Bertz CT molecular complexity index is 682. The molecule has 0 fully saturated rings. The fraction of sp³-hybridized carbons (Fsp3) is 0.400. The van der Waals surface area contributed by atoms with Crippen molar-refractivity contribution in [3.05, 3.63) is 40.2 Å². The number of hydrogen-bond donors (Lipinski definition) is 1. The average molecular weight is 326 g/mol. The quantitative estimate of drug-likeness (QED) is 0.858. The van der Waals surface area contributed by atoms with E-state index in [-0.39, 0.29) is 0 Å². The van der Waals surface area contributed by atoms with Crippen LogP contribution in [0.1, 0.15) is 30.8 Å². The number of aryl methyl sites for hydroxylation is 3. The van der Waals surface area contributed by atoms with Crippen LogP contribution in [0.25, 0.3) is 0 Å². The third-order valence-electron chi connectivity index (χ3n) is 3.41. The van der Waals surface area contributed by atoms with Gasteiger partial charge in [-0.15, -0.1) is 0 Å². The zero-order valence-electron chi connectivity index (χ0n) is 12.5. The molecule has 2 N–H and O–H groups in total. The number of benzene rings is 1. The molecule has 1 aromatic heterocycles. The van der Waals surface area contributed by atoms with Crippen LogP contribution in [0.5, 0.6) is 0 Å². The van der Waals surface area contributed by atoms with Gasteiger partial charge >= 0.3 is 0 Å². The molecule has 0 saturated carbocycles. The maximum atomic E-state index is 12.6.